The summed E-state index contributed by atoms with van der Waals surface area (Å²) in [6.45, 7) is 2.26. The molecule has 14 heteroatoms. The Balaban J connectivity index is 1.93. The summed E-state index contributed by atoms with van der Waals surface area (Å²) < 4.78 is 28.4. The molecule has 8 N–H and O–H groups in total. The van der Waals surface area contributed by atoms with Crippen LogP contribution in [0.1, 0.15) is 29.8 Å². The number of ether oxygens (including phenoxy) is 5. The van der Waals surface area contributed by atoms with E-state index in [0.717, 1.165) is 12.7 Å². The van der Waals surface area contributed by atoms with E-state index in [1.54, 1.807) is 30.3 Å². The number of hydrogen-bond acceptors (Lipinski definition) is 14. The topological polar surface area (TPSA) is 225 Å². The maximum Gasteiger partial charge on any atom is 0.342 e. The van der Waals surface area contributed by atoms with E-state index >= 15 is 0 Å². The molecule has 4 rings (SSSR count). The number of carbonyl (C=O) groups is 1. The predicted octanol–water partition coefficient (Wildman–Crippen LogP) is -1.51. The molecule has 14 nitrogen and oxygen atoms in total. The summed E-state index contributed by atoms with van der Waals surface area (Å²) in [5.74, 6) is -0.995. The van der Waals surface area contributed by atoms with Crippen LogP contribution in [-0.2, 0) is 20.6 Å². The van der Waals surface area contributed by atoms with Crippen LogP contribution in [0.25, 0.3) is 10.8 Å². The minimum absolute atomic E-state index is 0.0268. The van der Waals surface area contributed by atoms with Crippen molar-refractivity contribution in [3.05, 3.63) is 47.0 Å². The van der Waals surface area contributed by atoms with Gasteiger partial charge in [-0.3, -0.25) is 0 Å². The fourth-order valence-corrected chi connectivity index (χ4v) is 5.06. The van der Waals surface area contributed by atoms with Crippen LogP contribution in [0.2, 0.25) is 0 Å². The smallest absolute Gasteiger partial charge is 0.342 e. The SMILES string of the molecule is COC(=O)c1c(CC=C(C)C)c(OC2O[C@H](CO)[C@@H](O)[C@H](O)[C@H]2O)c2ccccc2c1OC1O[C@H](CO)[C@@H](O)[C@H](O)[C@H]1O. The lowest BCUT2D eigenvalue weighted by molar-refractivity contribution is -0.277. The predicted molar refractivity (Wildman–Crippen MR) is 147 cm³/mol. The molecule has 2 aliphatic rings. The molecule has 10 atom stereocenters. The Morgan fingerprint density at radius 2 is 1.23 bits per heavy atom. The number of allylic oxidation sites excluding steroid dienone is 2. The minimum Gasteiger partial charge on any atom is -0.465 e. The fraction of sp³-hybridized carbons (Fsp3) is 0.552. The van der Waals surface area contributed by atoms with E-state index in [1.807, 2.05) is 13.8 Å². The molecule has 0 aliphatic carbocycles. The zero-order valence-electron chi connectivity index (χ0n) is 23.8. The van der Waals surface area contributed by atoms with Crippen LogP contribution in [0, 0.1) is 0 Å². The van der Waals surface area contributed by atoms with Crippen molar-refractivity contribution in [3.8, 4) is 11.5 Å². The third-order valence-electron chi connectivity index (χ3n) is 7.49. The highest BCUT2D eigenvalue weighted by atomic mass is 16.7. The van der Waals surface area contributed by atoms with E-state index in [1.165, 1.54) is 0 Å². The number of hydrogen-bond donors (Lipinski definition) is 8. The summed E-state index contributed by atoms with van der Waals surface area (Å²) in [6.07, 6.45) is -14.2. The molecule has 238 valence electrons. The van der Waals surface area contributed by atoms with Gasteiger partial charge in [-0.15, -0.1) is 0 Å². The fourth-order valence-electron chi connectivity index (χ4n) is 5.06. The monoisotopic (exact) mass is 610 g/mol. The number of fused-ring (bicyclic) bond motifs is 1. The van der Waals surface area contributed by atoms with Gasteiger partial charge in [-0.25, -0.2) is 4.79 Å². The van der Waals surface area contributed by atoms with Crippen molar-refractivity contribution in [2.24, 2.45) is 0 Å². The van der Waals surface area contributed by atoms with Crippen molar-refractivity contribution < 1.29 is 69.3 Å². The molecule has 43 heavy (non-hydrogen) atoms. The maximum atomic E-state index is 13.4. The summed E-state index contributed by atoms with van der Waals surface area (Å²) in [6, 6.07) is 6.45. The van der Waals surface area contributed by atoms with Crippen LogP contribution < -0.4 is 9.47 Å². The molecule has 2 saturated heterocycles. The Hall–Kier alpha value is -2.89. The van der Waals surface area contributed by atoms with Crippen molar-refractivity contribution in [1.82, 2.24) is 0 Å². The van der Waals surface area contributed by atoms with Gasteiger partial charge in [-0.1, -0.05) is 35.9 Å². The van der Waals surface area contributed by atoms with E-state index < -0.39 is 80.6 Å². The first kappa shape index (κ1) is 33.0. The van der Waals surface area contributed by atoms with Crippen molar-refractivity contribution in [3.63, 3.8) is 0 Å². The third kappa shape index (κ3) is 6.49. The van der Waals surface area contributed by atoms with Crippen LogP contribution >= 0.6 is 0 Å². The molecule has 2 unspecified atom stereocenters. The van der Waals surface area contributed by atoms with E-state index in [-0.39, 0.29) is 34.4 Å². The highest BCUT2D eigenvalue weighted by Gasteiger charge is 2.47. The number of methoxy groups -OCH3 is 1. The van der Waals surface area contributed by atoms with E-state index in [4.69, 9.17) is 23.7 Å². The number of aliphatic hydroxyl groups is 8. The van der Waals surface area contributed by atoms with Gasteiger partial charge >= 0.3 is 5.97 Å². The molecule has 0 saturated carbocycles. The molecule has 0 amide bonds. The Morgan fingerprint density at radius 3 is 1.67 bits per heavy atom. The second-order valence-electron chi connectivity index (χ2n) is 10.7. The van der Waals surface area contributed by atoms with Crippen molar-refractivity contribution in [1.29, 1.82) is 0 Å². The Kier molecular flexibility index (Phi) is 10.6. The first-order valence-corrected chi connectivity index (χ1v) is 13.7. The summed E-state index contributed by atoms with van der Waals surface area (Å²) in [5.41, 5.74) is 0.873. The number of rotatable bonds is 9. The van der Waals surface area contributed by atoms with Gasteiger partial charge in [0.05, 0.1) is 20.3 Å². The Morgan fingerprint density at radius 1 is 0.767 bits per heavy atom. The molecule has 2 aromatic rings. The van der Waals surface area contributed by atoms with Crippen LogP contribution in [0.3, 0.4) is 0 Å². The van der Waals surface area contributed by atoms with Gasteiger partial charge in [0, 0.05) is 16.3 Å². The van der Waals surface area contributed by atoms with Gasteiger partial charge in [0.2, 0.25) is 12.6 Å². The van der Waals surface area contributed by atoms with Gasteiger partial charge in [0.15, 0.2) is 0 Å². The van der Waals surface area contributed by atoms with Gasteiger partial charge in [-0.2, -0.15) is 0 Å². The minimum atomic E-state index is -1.78. The standard InChI is InChI=1S/C29H38O14/c1-12(2)8-9-15-18(27(38)39-3)26(43-29-24(37)22(35)20(33)17(11-31)41-29)14-7-5-4-6-13(14)25(15)42-28-23(36)21(34)19(32)16(10-30)40-28/h4-8,16-17,19-24,28-37H,9-11H2,1-3H3/t16-,17-,19-,20-,21+,22+,23-,24-,28?,29?/m1/s1. The molecular weight excluding hydrogens is 572 g/mol. The second kappa shape index (κ2) is 13.8. The van der Waals surface area contributed by atoms with Crippen molar-refractivity contribution in [2.45, 2.75) is 81.7 Å². The van der Waals surface area contributed by atoms with Crippen LogP contribution in [-0.4, -0.2) is 129 Å². The lowest BCUT2D eigenvalue weighted by atomic mass is 9.94. The van der Waals surface area contributed by atoms with Crippen LogP contribution in [0.5, 0.6) is 11.5 Å². The number of carbonyl (C=O) groups excluding carboxylic acids is 1. The van der Waals surface area contributed by atoms with E-state index in [9.17, 15) is 45.6 Å². The van der Waals surface area contributed by atoms with Crippen molar-refractivity contribution in [2.75, 3.05) is 20.3 Å². The highest BCUT2D eigenvalue weighted by molar-refractivity contribution is 6.06. The first-order valence-electron chi connectivity index (χ1n) is 13.7. The molecule has 2 fully saturated rings. The molecule has 2 heterocycles. The van der Waals surface area contributed by atoms with E-state index in [0.29, 0.717) is 5.39 Å². The third-order valence-corrected chi connectivity index (χ3v) is 7.49. The first-order chi connectivity index (χ1) is 20.4. The lowest BCUT2D eigenvalue weighted by Crippen LogP contribution is -2.60. The van der Waals surface area contributed by atoms with Crippen LogP contribution in [0.15, 0.2) is 35.9 Å². The average molecular weight is 611 g/mol. The summed E-state index contributed by atoms with van der Waals surface area (Å²) in [4.78, 5) is 13.4. The molecule has 0 aromatic heterocycles. The van der Waals surface area contributed by atoms with Gasteiger partial charge in [-0.05, 0) is 20.3 Å². The molecule has 0 spiro atoms. The van der Waals surface area contributed by atoms with E-state index in [2.05, 4.69) is 0 Å². The Labute approximate surface area is 246 Å². The van der Waals surface area contributed by atoms with Gasteiger partial charge in [0.25, 0.3) is 0 Å². The van der Waals surface area contributed by atoms with Gasteiger partial charge < -0.3 is 64.5 Å². The largest absolute Gasteiger partial charge is 0.465 e. The highest BCUT2D eigenvalue weighted by Crippen LogP contribution is 2.44. The molecule has 2 aromatic carbocycles. The number of esters is 1. The number of benzene rings is 2. The van der Waals surface area contributed by atoms with Crippen LogP contribution in [0.4, 0.5) is 0 Å². The quantitative estimate of drug-likeness (QED) is 0.119. The van der Waals surface area contributed by atoms with Gasteiger partial charge in [0.1, 0.15) is 65.9 Å². The zero-order chi connectivity index (χ0) is 31.6. The molecule has 2 aliphatic heterocycles. The average Bonchev–Trinajstić information content (AvgIpc) is 3.00. The Bertz CT molecular complexity index is 1310. The summed E-state index contributed by atoms with van der Waals surface area (Å²) >= 11 is 0. The lowest BCUT2D eigenvalue weighted by Gasteiger charge is -2.40. The molecule has 0 bridgehead atoms. The zero-order valence-corrected chi connectivity index (χ0v) is 23.8. The molecule has 0 radical (unpaired) electrons. The second-order valence-corrected chi connectivity index (χ2v) is 10.7. The molecular formula is C29H38O14. The van der Waals surface area contributed by atoms with Crippen molar-refractivity contribution >= 4 is 16.7 Å². The summed E-state index contributed by atoms with van der Waals surface area (Å²) in [7, 11) is 1.14. The summed E-state index contributed by atoms with van der Waals surface area (Å²) in [5, 5.41) is 82.4. The maximum absolute atomic E-state index is 13.4. The normalized spacial score (nSPS) is 32.7. The number of aliphatic hydroxyl groups excluding tert-OH is 8.